The summed E-state index contributed by atoms with van der Waals surface area (Å²) in [6, 6.07) is 14.1. The summed E-state index contributed by atoms with van der Waals surface area (Å²) < 4.78 is 44.3. The number of methoxy groups -OCH3 is 1. The van der Waals surface area contributed by atoms with Crippen LogP contribution in [-0.2, 0) is 52.8 Å². The maximum absolute atomic E-state index is 15.1. The summed E-state index contributed by atoms with van der Waals surface area (Å²) in [6.45, 7) is 12.5. The first-order chi connectivity index (χ1) is 32.0. The molecule has 5 heterocycles. The summed E-state index contributed by atoms with van der Waals surface area (Å²) in [5.74, 6) is -5.18. The zero-order valence-corrected chi connectivity index (χ0v) is 39.5. The number of esters is 1. The Kier molecular flexibility index (Phi) is 14.9. The summed E-state index contributed by atoms with van der Waals surface area (Å²) in [4.78, 5) is 75.6. The minimum absolute atomic E-state index is 0.0418. The number of pyridine rings is 1. The van der Waals surface area contributed by atoms with Crippen LogP contribution in [0.25, 0.3) is 33.3 Å². The fourth-order valence-electron chi connectivity index (χ4n) is 9.85. The Hall–Kier alpha value is -6.00. The summed E-state index contributed by atoms with van der Waals surface area (Å²) >= 11 is 0. The number of hydrazine groups is 1. The molecule has 0 saturated carbocycles. The number of halogens is 2. The van der Waals surface area contributed by atoms with E-state index in [1.54, 1.807) is 27.2 Å². The van der Waals surface area contributed by atoms with Crippen LogP contribution < -0.4 is 10.7 Å². The molecule has 5 atom stereocenters. The number of cyclic esters (lactones) is 1. The Labute approximate surface area is 391 Å². The molecular weight excluding hydrogens is 861 g/mol. The van der Waals surface area contributed by atoms with E-state index in [1.165, 1.54) is 9.91 Å². The molecule has 2 fully saturated rings. The molecule has 3 aliphatic rings. The van der Waals surface area contributed by atoms with Gasteiger partial charge < -0.3 is 24.3 Å². The van der Waals surface area contributed by atoms with Crippen LogP contribution in [0, 0.1) is 17.3 Å². The molecule has 358 valence electrons. The lowest BCUT2D eigenvalue weighted by atomic mass is 9.84. The number of fused-ring (bicyclic) bond motifs is 6. The number of rotatable bonds is 11. The van der Waals surface area contributed by atoms with Crippen LogP contribution in [0.3, 0.4) is 0 Å². The summed E-state index contributed by atoms with van der Waals surface area (Å²) in [6.07, 6.45) is 4.06. The highest BCUT2D eigenvalue weighted by atomic mass is 19.3. The predicted molar refractivity (Wildman–Crippen MR) is 250 cm³/mol. The normalized spacial score (nSPS) is 20.9. The highest BCUT2D eigenvalue weighted by Crippen LogP contribution is 2.42. The molecule has 6 bridgehead atoms. The fourth-order valence-corrected chi connectivity index (χ4v) is 9.85. The number of carbonyl (C=O) groups excluding carboxylic acids is 5. The van der Waals surface area contributed by atoms with Crippen LogP contribution in [0.2, 0.25) is 0 Å². The molecule has 0 radical (unpaired) electrons. The zero-order valence-electron chi connectivity index (χ0n) is 39.5. The quantitative estimate of drug-likeness (QED) is 0.0934. The van der Waals surface area contributed by atoms with Crippen molar-refractivity contribution >= 4 is 40.5 Å². The number of alkyl halides is 2. The second kappa shape index (κ2) is 20.5. The van der Waals surface area contributed by atoms with Crippen molar-refractivity contribution in [3.63, 3.8) is 0 Å². The third kappa shape index (κ3) is 10.3. The van der Waals surface area contributed by atoms with Crippen LogP contribution in [0.1, 0.15) is 83.7 Å². The maximum Gasteiger partial charge on any atom is 0.324 e. The van der Waals surface area contributed by atoms with E-state index in [0.717, 1.165) is 50.6 Å². The average Bonchev–Trinajstić information content (AvgIpc) is 3.94. The van der Waals surface area contributed by atoms with Gasteiger partial charge in [0, 0.05) is 67.8 Å². The van der Waals surface area contributed by atoms with Crippen molar-refractivity contribution in [2.24, 2.45) is 17.3 Å². The topological polar surface area (TPSA) is 155 Å². The first-order valence-electron chi connectivity index (χ1n) is 23.3. The minimum Gasteiger partial charge on any atom is -0.464 e. The zero-order chi connectivity index (χ0) is 48.3. The van der Waals surface area contributed by atoms with Crippen molar-refractivity contribution in [2.75, 3.05) is 33.4 Å². The number of ether oxygens (including phenoxy) is 2. The van der Waals surface area contributed by atoms with E-state index >= 15 is 8.78 Å². The van der Waals surface area contributed by atoms with Crippen LogP contribution >= 0.6 is 0 Å². The first-order valence-corrected chi connectivity index (χ1v) is 23.3. The Morgan fingerprint density at radius 3 is 2.52 bits per heavy atom. The van der Waals surface area contributed by atoms with Crippen molar-refractivity contribution in [3.8, 4) is 22.4 Å². The molecule has 7 rings (SSSR count). The number of carbonyl (C=O) groups is 5. The van der Waals surface area contributed by atoms with E-state index in [4.69, 9.17) is 14.5 Å². The highest BCUT2D eigenvalue weighted by molar-refractivity contribution is 5.96. The van der Waals surface area contributed by atoms with Crippen molar-refractivity contribution in [2.45, 2.75) is 111 Å². The molecule has 0 spiro atoms. The number of hydrogen-bond acceptors (Lipinski definition) is 9. The number of aromatic nitrogens is 2. The lowest BCUT2D eigenvalue weighted by molar-refractivity contribution is -0.163. The van der Waals surface area contributed by atoms with Gasteiger partial charge in [-0.05, 0) is 98.0 Å². The number of nitrogens with zero attached hydrogens (tertiary/aromatic N) is 5. The van der Waals surface area contributed by atoms with E-state index in [2.05, 4.69) is 66.9 Å². The smallest absolute Gasteiger partial charge is 0.324 e. The summed E-state index contributed by atoms with van der Waals surface area (Å²) in [5, 5.41) is 5.10. The molecule has 4 aromatic rings. The van der Waals surface area contributed by atoms with E-state index in [1.807, 2.05) is 37.3 Å². The van der Waals surface area contributed by atoms with Crippen molar-refractivity contribution in [1.29, 1.82) is 0 Å². The average molecular weight is 924 g/mol. The predicted octanol–water partition coefficient (Wildman–Crippen LogP) is 6.86. The summed E-state index contributed by atoms with van der Waals surface area (Å²) in [7, 11) is 1.66. The van der Waals surface area contributed by atoms with Gasteiger partial charge in [0.25, 0.3) is 5.91 Å². The second-order valence-corrected chi connectivity index (χ2v) is 19.0. The van der Waals surface area contributed by atoms with Crippen LogP contribution in [0.5, 0.6) is 0 Å². The van der Waals surface area contributed by atoms with E-state index < -0.39 is 71.5 Å². The van der Waals surface area contributed by atoms with Crippen molar-refractivity contribution in [1.82, 2.24) is 35.1 Å². The maximum atomic E-state index is 15.1. The van der Waals surface area contributed by atoms with E-state index in [9.17, 15) is 24.0 Å². The highest BCUT2D eigenvalue weighted by Gasteiger charge is 2.44. The van der Waals surface area contributed by atoms with Gasteiger partial charge in [0.2, 0.25) is 17.7 Å². The molecule has 67 heavy (non-hydrogen) atoms. The molecule has 16 heteroatoms. The van der Waals surface area contributed by atoms with Gasteiger partial charge in [-0.3, -0.25) is 38.9 Å². The third-order valence-electron chi connectivity index (χ3n) is 13.3. The number of benzene rings is 2. The lowest BCUT2D eigenvalue weighted by Gasteiger charge is -2.37. The van der Waals surface area contributed by atoms with Crippen LogP contribution in [-0.4, -0.2) is 112 Å². The molecule has 0 aliphatic carbocycles. The second-order valence-electron chi connectivity index (χ2n) is 19.0. The summed E-state index contributed by atoms with van der Waals surface area (Å²) in [5.41, 5.74) is 9.75. The molecule has 2 saturated heterocycles. The SMILES string of the molecule is C=CC(=O)N1CC[C@H](C(=O)N(C(F)F)[C@H](C(=O)N[C@H]2Cc3cccc(c3)-c3ccc4c(c3)c(c(-c3cccnc3[C@H](C)OC)n4CC)CC(C)(C)COC(=O)[C@@H]3CCCN(N3)C2=O)C(C)C)C1. The Morgan fingerprint density at radius 2 is 1.82 bits per heavy atom. The largest absolute Gasteiger partial charge is 0.464 e. The van der Waals surface area contributed by atoms with E-state index in [0.29, 0.717) is 36.3 Å². The van der Waals surface area contributed by atoms with Crippen molar-refractivity contribution < 1.29 is 42.2 Å². The van der Waals surface area contributed by atoms with Gasteiger partial charge in [-0.15, -0.1) is 0 Å². The number of amides is 4. The molecule has 3 aliphatic heterocycles. The molecule has 14 nitrogen and oxygen atoms in total. The Bertz CT molecular complexity index is 2520. The number of nitrogens with one attached hydrogen (secondary N) is 2. The fraction of sp³-hybridized carbons (Fsp3) is 0.490. The Morgan fingerprint density at radius 1 is 1.06 bits per heavy atom. The molecule has 0 unspecified atom stereocenters. The molecule has 2 aromatic carbocycles. The van der Waals surface area contributed by atoms with Gasteiger partial charge in [-0.1, -0.05) is 64.6 Å². The lowest BCUT2D eigenvalue weighted by Crippen LogP contribution is -2.63. The van der Waals surface area contributed by atoms with Gasteiger partial charge in [0.1, 0.15) is 18.1 Å². The van der Waals surface area contributed by atoms with Gasteiger partial charge >= 0.3 is 12.5 Å². The number of aryl methyl sites for hydroxylation is 1. The number of likely N-dealkylation sites (tertiary alicyclic amines) is 1. The monoisotopic (exact) mass is 923 g/mol. The minimum atomic E-state index is -3.35. The third-order valence-corrected chi connectivity index (χ3v) is 13.3. The van der Waals surface area contributed by atoms with Gasteiger partial charge in [-0.2, -0.15) is 8.78 Å². The van der Waals surface area contributed by atoms with Crippen molar-refractivity contribution in [3.05, 3.63) is 90.3 Å². The molecule has 4 amide bonds. The van der Waals surface area contributed by atoms with Crippen LogP contribution in [0.15, 0.2) is 73.4 Å². The van der Waals surface area contributed by atoms with Crippen LogP contribution in [0.4, 0.5) is 8.78 Å². The number of hydrogen-bond donors (Lipinski definition) is 2. The van der Waals surface area contributed by atoms with Gasteiger partial charge in [0.05, 0.1) is 30.0 Å². The van der Waals surface area contributed by atoms with E-state index in [-0.39, 0.29) is 45.2 Å². The standard InChI is InChI=1S/C51H63F2N7O7/c1-9-42(61)57-23-20-35(28-57)47(63)60(50(52)53)44(30(3)4)46(62)55-40-25-32-14-11-15-33(24-32)34-18-19-41-37(26-34)38(45(58(41)10-2)36-16-12-21-54-43(36)31(5)66-8)27-51(6,7)29-67-49(65)39-17-13-22-59(56-39)48(40)64/h9,11-12,14-16,18-19,21,24,26,30-31,35,39-40,44,50,56H,1,10,13,17,20,22-23,25,27-29H2,2-8H3,(H,55,62)/t31-,35-,39-,40-,44-/m0/s1. The molecule has 2 aromatic heterocycles. The Balaban J connectivity index is 1.30. The van der Waals surface area contributed by atoms with Gasteiger partial charge in [-0.25, -0.2) is 5.43 Å². The first kappa shape index (κ1) is 48.9. The van der Waals surface area contributed by atoms with Gasteiger partial charge in [0.15, 0.2) is 0 Å². The molecular formula is C51H63F2N7O7. The molecule has 2 N–H and O–H groups in total.